The van der Waals surface area contributed by atoms with Gasteiger partial charge in [0.15, 0.2) is 0 Å². The molecule has 1 aromatic carbocycles. The van der Waals surface area contributed by atoms with E-state index in [-0.39, 0.29) is 17.5 Å². The molecule has 4 saturated carbocycles. The van der Waals surface area contributed by atoms with Crippen LogP contribution in [-0.4, -0.2) is 28.3 Å². The fourth-order valence-corrected chi connectivity index (χ4v) is 7.31. The number of hydrogen-bond acceptors (Lipinski definition) is 2. The molecule has 1 aliphatic heterocycles. The Hall–Kier alpha value is -1.84. The zero-order valence-electron chi connectivity index (χ0n) is 18.8. The molecule has 4 nitrogen and oxygen atoms in total. The Morgan fingerprint density at radius 2 is 1.70 bits per heavy atom. The normalized spacial score (nSPS) is 36.1. The second-order valence-electron chi connectivity index (χ2n) is 10.9. The van der Waals surface area contributed by atoms with Gasteiger partial charge in [0.25, 0.3) is 0 Å². The number of nitrogens with one attached hydrogen (secondary N) is 1. The minimum Gasteiger partial charge on any atom is -0.333 e. The maximum Gasteiger partial charge on any atom is 0.338 e. The van der Waals surface area contributed by atoms with Crippen molar-refractivity contribution in [1.82, 2.24) is 10.3 Å². The Kier molecular flexibility index (Phi) is 5.15. The van der Waals surface area contributed by atoms with Crippen LogP contribution in [0.5, 0.6) is 0 Å². The maximum atomic E-state index is 13.6. The summed E-state index contributed by atoms with van der Waals surface area (Å²) in [6.07, 6.45) is 9.93. The van der Waals surface area contributed by atoms with E-state index < -0.39 is 0 Å². The van der Waals surface area contributed by atoms with Crippen molar-refractivity contribution in [2.24, 2.45) is 28.8 Å². The van der Waals surface area contributed by atoms with Crippen molar-refractivity contribution >= 4 is 11.7 Å². The van der Waals surface area contributed by atoms with Gasteiger partial charge in [-0.15, -0.1) is 0 Å². The Morgan fingerprint density at radius 1 is 1.07 bits per heavy atom. The molecule has 1 heterocycles. The lowest BCUT2D eigenvalue weighted by Crippen LogP contribution is -2.59. The van der Waals surface area contributed by atoms with Crippen LogP contribution < -0.4 is 5.32 Å². The predicted octanol–water partition coefficient (Wildman–Crippen LogP) is 5.94. The van der Waals surface area contributed by atoms with Gasteiger partial charge in [-0.25, -0.2) is 9.80 Å². The van der Waals surface area contributed by atoms with Gasteiger partial charge in [0.05, 0.1) is 5.54 Å². The Morgan fingerprint density at radius 3 is 2.30 bits per heavy atom. The summed E-state index contributed by atoms with van der Waals surface area (Å²) in [4.78, 5) is 13.6. The van der Waals surface area contributed by atoms with Crippen LogP contribution >= 0.6 is 0 Å². The first kappa shape index (κ1) is 20.1. The second-order valence-corrected chi connectivity index (χ2v) is 10.9. The minimum absolute atomic E-state index is 0.0184. The largest absolute Gasteiger partial charge is 0.338 e. The van der Waals surface area contributed by atoms with Gasteiger partial charge in [-0.3, -0.25) is 0 Å². The van der Waals surface area contributed by atoms with Crippen LogP contribution in [0.25, 0.3) is 0 Å². The molecule has 1 aromatic rings. The summed E-state index contributed by atoms with van der Waals surface area (Å²) in [6.45, 7) is 6.59. The number of urea groups is 1. The molecule has 0 radical (unpaired) electrons. The molecule has 2 amide bonds. The summed E-state index contributed by atoms with van der Waals surface area (Å²) in [6, 6.07) is 11.0. The Labute approximate surface area is 181 Å². The van der Waals surface area contributed by atoms with Crippen LogP contribution in [0.2, 0.25) is 0 Å². The molecule has 1 atom stereocenters. The molecule has 1 N–H and O–H groups in total. The van der Waals surface area contributed by atoms with Crippen LogP contribution in [0.1, 0.15) is 83.6 Å². The number of hydrazone groups is 1. The molecule has 4 bridgehead atoms. The lowest BCUT2D eigenvalue weighted by molar-refractivity contribution is -0.0122. The van der Waals surface area contributed by atoms with Gasteiger partial charge >= 0.3 is 6.03 Å². The number of rotatable bonds is 5. The average Bonchev–Trinajstić information content (AvgIpc) is 2.99. The maximum absolute atomic E-state index is 13.6. The van der Waals surface area contributed by atoms with E-state index in [0.717, 1.165) is 36.8 Å². The molecule has 162 valence electrons. The number of carbonyl (C=O) groups excluding carboxylic acids is 1. The first-order valence-corrected chi connectivity index (χ1v) is 12.2. The Bertz CT molecular complexity index is 787. The van der Waals surface area contributed by atoms with Gasteiger partial charge in [-0.05, 0) is 88.0 Å². The number of amides is 2. The lowest BCUT2D eigenvalue weighted by Gasteiger charge is -2.54. The van der Waals surface area contributed by atoms with E-state index in [1.165, 1.54) is 37.7 Å². The summed E-state index contributed by atoms with van der Waals surface area (Å²) < 4.78 is 0. The van der Waals surface area contributed by atoms with Gasteiger partial charge in [-0.2, -0.15) is 5.10 Å². The standard InChI is InChI=1S/C26H37N3O/c1-4-5-11-22-23(19-9-7-6-8-10-19)26(2,3)29(28-22)25(30)27-24-20-13-17-12-18(15-20)16-21(24)14-17/h6-10,17-18,20-21,23-24H,4-5,11-16H2,1-3H3,(H,27,30). The minimum atomic E-state index is -0.361. The predicted molar refractivity (Wildman–Crippen MR) is 121 cm³/mol. The Balaban J connectivity index is 1.37. The van der Waals surface area contributed by atoms with Crippen molar-refractivity contribution in [3.8, 4) is 0 Å². The topological polar surface area (TPSA) is 44.7 Å². The van der Waals surface area contributed by atoms with E-state index in [1.807, 2.05) is 0 Å². The monoisotopic (exact) mass is 407 g/mol. The summed E-state index contributed by atoms with van der Waals surface area (Å²) in [5.41, 5.74) is 2.07. The molecular formula is C26H37N3O. The number of unbranched alkanes of at least 4 members (excludes halogenated alkanes) is 1. The van der Waals surface area contributed by atoms with E-state index in [0.29, 0.717) is 17.9 Å². The van der Waals surface area contributed by atoms with Gasteiger partial charge in [-0.1, -0.05) is 43.7 Å². The molecule has 4 fully saturated rings. The van der Waals surface area contributed by atoms with Crippen molar-refractivity contribution in [2.75, 3.05) is 0 Å². The average molecular weight is 408 g/mol. The lowest BCUT2D eigenvalue weighted by atomic mass is 9.54. The molecule has 30 heavy (non-hydrogen) atoms. The zero-order valence-corrected chi connectivity index (χ0v) is 18.8. The van der Waals surface area contributed by atoms with Gasteiger partial charge in [0.2, 0.25) is 0 Å². The molecule has 6 rings (SSSR count). The molecule has 0 spiro atoms. The quantitative estimate of drug-likeness (QED) is 0.644. The van der Waals surface area contributed by atoms with Crippen molar-refractivity contribution in [3.63, 3.8) is 0 Å². The summed E-state index contributed by atoms with van der Waals surface area (Å²) in [5, 5.41) is 10.2. The molecule has 0 aromatic heterocycles. The van der Waals surface area contributed by atoms with Crippen molar-refractivity contribution in [1.29, 1.82) is 0 Å². The summed E-state index contributed by atoms with van der Waals surface area (Å²) in [7, 11) is 0. The van der Waals surface area contributed by atoms with E-state index >= 15 is 0 Å². The van der Waals surface area contributed by atoms with E-state index in [1.54, 1.807) is 5.01 Å². The molecule has 4 aliphatic carbocycles. The van der Waals surface area contributed by atoms with E-state index in [2.05, 4.69) is 56.4 Å². The highest BCUT2D eigenvalue weighted by molar-refractivity contribution is 5.96. The molecule has 1 unspecified atom stereocenters. The highest BCUT2D eigenvalue weighted by Gasteiger charge is 2.51. The fraction of sp³-hybridized carbons (Fsp3) is 0.692. The first-order chi connectivity index (χ1) is 14.5. The van der Waals surface area contributed by atoms with Crippen LogP contribution in [0, 0.1) is 23.7 Å². The van der Waals surface area contributed by atoms with Crippen LogP contribution in [0.3, 0.4) is 0 Å². The highest BCUT2D eigenvalue weighted by Crippen LogP contribution is 2.54. The number of benzene rings is 1. The van der Waals surface area contributed by atoms with Crippen molar-refractivity contribution < 1.29 is 4.79 Å². The number of carbonyl (C=O) groups is 1. The van der Waals surface area contributed by atoms with Crippen molar-refractivity contribution in [2.45, 2.75) is 89.6 Å². The van der Waals surface area contributed by atoms with Crippen molar-refractivity contribution in [3.05, 3.63) is 35.9 Å². The third-order valence-corrected chi connectivity index (χ3v) is 8.44. The molecular weight excluding hydrogens is 370 g/mol. The van der Waals surface area contributed by atoms with Gasteiger partial charge in [0.1, 0.15) is 0 Å². The third kappa shape index (κ3) is 3.36. The molecule has 4 heteroatoms. The van der Waals surface area contributed by atoms with Crippen LogP contribution in [-0.2, 0) is 0 Å². The number of nitrogens with zero attached hydrogens (tertiary/aromatic N) is 2. The fourth-order valence-electron chi connectivity index (χ4n) is 7.31. The van der Waals surface area contributed by atoms with E-state index in [4.69, 9.17) is 5.10 Å². The van der Waals surface area contributed by atoms with Gasteiger partial charge < -0.3 is 5.32 Å². The van der Waals surface area contributed by atoms with E-state index in [9.17, 15) is 4.79 Å². The number of hydrogen-bond donors (Lipinski definition) is 1. The smallest absolute Gasteiger partial charge is 0.333 e. The highest BCUT2D eigenvalue weighted by atomic mass is 16.2. The summed E-state index contributed by atoms with van der Waals surface area (Å²) in [5.74, 6) is 3.37. The SMILES string of the molecule is CCCCC1=NN(C(=O)NC2C3CC4CC(C3)CC2C4)C(C)(C)C1c1ccccc1. The van der Waals surface area contributed by atoms with Gasteiger partial charge in [0, 0.05) is 17.7 Å². The zero-order chi connectivity index (χ0) is 20.9. The van der Waals surface area contributed by atoms with Crippen LogP contribution in [0.4, 0.5) is 4.79 Å². The molecule has 0 saturated heterocycles. The molecule has 5 aliphatic rings. The second kappa shape index (κ2) is 7.69. The third-order valence-electron chi connectivity index (χ3n) is 8.44. The first-order valence-electron chi connectivity index (χ1n) is 12.2. The summed E-state index contributed by atoms with van der Waals surface area (Å²) >= 11 is 0. The van der Waals surface area contributed by atoms with Crippen LogP contribution in [0.15, 0.2) is 35.4 Å².